The Balaban J connectivity index is 0.000000472. The van der Waals surface area contributed by atoms with Crippen LogP contribution in [0.3, 0.4) is 0 Å². The molecule has 1 saturated heterocycles. The Morgan fingerprint density at radius 3 is 1.91 bits per heavy atom. The lowest BCUT2D eigenvalue weighted by molar-refractivity contribution is -0.163. The van der Waals surface area contributed by atoms with Crippen molar-refractivity contribution in [3.63, 3.8) is 0 Å². The van der Waals surface area contributed by atoms with Gasteiger partial charge in [-0.2, -0.15) is 0 Å². The number of aliphatic hydroxyl groups is 3. The molecule has 0 radical (unpaired) electrons. The Morgan fingerprint density at radius 1 is 0.909 bits per heavy atom. The largest absolute Gasteiger partial charge is 0.395 e. The molecule has 7 heteroatoms. The Kier molecular flexibility index (Phi) is 15.4. The van der Waals surface area contributed by atoms with Gasteiger partial charge in [0.15, 0.2) is 6.29 Å². The monoisotopic (exact) mass is 322 g/mol. The third-order valence-corrected chi connectivity index (χ3v) is 3.36. The van der Waals surface area contributed by atoms with Crippen molar-refractivity contribution in [2.75, 3.05) is 73.3 Å². The fourth-order valence-corrected chi connectivity index (χ4v) is 1.92. The molecule has 0 unspecified atom stereocenters. The molecule has 134 valence electrons. The first-order valence-electron chi connectivity index (χ1n) is 8.07. The molecule has 7 nitrogen and oxygen atoms in total. The molecule has 1 atom stereocenters. The maximum absolute atomic E-state index is 8.68. The quantitative estimate of drug-likeness (QED) is 0.493. The van der Waals surface area contributed by atoms with Crippen LogP contribution in [-0.2, 0) is 9.47 Å². The highest BCUT2D eigenvalue weighted by Crippen LogP contribution is 2.13. The predicted octanol–water partition coefficient (Wildman–Crippen LogP) is -0.643. The summed E-state index contributed by atoms with van der Waals surface area (Å²) in [5.74, 6) is 0. The predicted molar refractivity (Wildman–Crippen MR) is 85.8 cm³/mol. The molecule has 0 aliphatic carbocycles. The van der Waals surface area contributed by atoms with Gasteiger partial charge in [0.1, 0.15) is 0 Å². The number of nitrogens with zero attached hydrogens (tertiary/aromatic N) is 2. The maximum atomic E-state index is 8.68. The second kappa shape index (κ2) is 15.6. The smallest absolute Gasteiger partial charge is 0.157 e. The number of rotatable bonds is 10. The topological polar surface area (TPSA) is 85.6 Å². The molecule has 0 aromatic carbocycles. The fourth-order valence-electron chi connectivity index (χ4n) is 1.92. The van der Waals surface area contributed by atoms with Crippen LogP contribution < -0.4 is 0 Å². The summed E-state index contributed by atoms with van der Waals surface area (Å²) in [7, 11) is 3.83. The van der Waals surface area contributed by atoms with Crippen LogP contribution in [0.4, 0.5) is 0 Å². The average molecular weight is 322 g/mol. The lowest BCUT2D eigenvalue weighted by Crippen LogP contribution is -2.29. The van der Waals surface area contributed by atoms with Gasteiger partial charge in [-0.1, -0.05) is 0 Å². The molecule has 0 amide bonds. The van der Waals surface area contributed by atoms with Gasteiger partial charge in [-0.3, -0.25) is 0 Å². The van der Waals surface area contributed by atoms with E-state index in [1.54, 1.807) is 0 Å². The summed E-state index contributed by atoms with van der Waals surface area (Å²) < 4.78 is 11.0. The first-order chi connectivity index (χ1) is 10.6. The molecule has 0 aromatic heterocycles. The summed E-state index contributed by atoms with van der Waals surface area (Å²) >= 11 is 0. The molecule has 3 N–H and O–H groups in total. The minimum absolute atomic E-state index is 0.00581. The third kappa shape index (κ3) is 13.4. The van der Waals surface area contributed by atoms with E-state index in [1.165, 1.54) is 6.42 Å². The highest BCUT2D eigenvalue weighted by Gasteiger charge is 2.13. The lowest BCUT2D eigenvalue weighted by atomic mass is 10.2. The fraction of sp³-hybridized carbons (Fsp3) is 1.00. The Labute approximate surface area is 134 Å². The van der Waals surface area contributed by atoms with E-state index in [-0.39, 0.29) is 26.1 Å². The van der Waals surface area contributed by atoms with Crippen molar-refractivity contribution in [2.24, 2.45) is 0 Å². The Hall–Kier alpha value is -0.280. The van der Waals surface area contributed by atoms with Gasteiger partial charge < -0.3 is 34.6 Å². The molecule has 0 bridgehead atoms. The lowest BCUT2D eigenvalue weighted by Gasteiger charge is -2.24. The van der Waals surface area contributed by atoms with Crippen molar-refractivity contribution >= 4 is 0 Å². The van der Waals surface area contributed by atoms with E-state index in [2.05, 4.69) is 0 Å². The summed E-state index contributed by atoms with van der Waals surface area (Å²) in [6.45, 7) is 4.87. The van der Waals surface area contributed by atoms with Crippen LogP contribution in [0.5, 0.6) is 0 Å². The van der Waals surface area contributed by atoms with Gasteiger partial charge in [-0.25, -0.2) is 0 Å². The van der Waals surface area contributed by atoms with E-state index < -0.39 is 0 Å². The summed E-state index contributed by atoms with van der Waals surface area (Å²) in [5, 5.41) is 25.4. The van der Waals surface area contributed by atoms with Gasteiger partial charge in [0, 0.05) is 32.8 Å². The summed E-state index contributed by atoms with van der Waals surface area (Å²) in [5.41, 5.74) is 0. The molecule has 0 aromatic rings. The Bertz CT molecular complexity index is 222. The van der Waals surface area contributed by atoms with E-state index in [4.69, 9.17) is 24.8 Å². The van der Waals surface area contributed by atoms with Crippen molar-refractivity contribution in [2.45, 2.75) is 25.6 Å². The third-order valence-electron chi connectivity index (χ3n) is 3.36. The molecular weight excluding hydrogens is 288 g/mol. The standard InChI is InChI=1S/C10H21NO3.C5H13NO2/c1-11(5-7-12)6-9-14-10-4-2-3-8-13-10;1-6(2-4-7)3-5-8/h10,12H,2-9H2,1H3;7-8H,2-5H2,1H3/t10-;/m1./s1. The van der Waals surface area contributed by atoms with Gasteiger partial charge >= 0.3 is 0 Å². The zero-order chi connectivity index (χ0) is 16.6. The molecule has 1 fully saturated rings. The molecule has 1 rings (SSSR count). The van der Waals surface area contributed by atoms with Crippen LogP contribution in [0, 0.1) is 0 Å². The van der Waals surface area contributed by atoms with Crippen LogP contribution >= 0.6 is 0 Å². The second-order valence-corrected chi connectivity index (χ2v) is 5.44. The van der Waals surface area contributed by atoms with E-state index in [1.807, 2.05) is 23.9 Å². The van der Waals surface area contributed by atoms with E-state index in [9.17, 15) is 0 Å². The zero-order valence-corrected chi connectivity index (χ0v) is 14.1. The van der Waals surface area contributed by atoms with Crippen LogP contribution in [-0.4, -0.2) is 105 Å². The van der Waals surface area contributed by atoms with Crippen LogP contribution in [0.1, 0.15) is 19.3 Å². The summed E-state index contributed by atoms with van der Waals surface area (Å²) in [6.07, 6.45) is 3.39. The normalized spacial score (nSPS) is 18.4. The minimum atomic E-state index is 0.00581. The van der Waals surface area contributed by atoms with Gasteiger partial charge in [-0.15, -0.1) is 0 Å². The zero-order valence-electron chi connectivity index (χ0n) is 14.1. The second-order valence-electron chi connectivity index (χ2n) is 5.44. The van der Waals surface area contributed by atoms with E-state index in [0.717, 1.165) is 26.0 Å². The summed E-state index contributed by atoms with van der Waals surface area (Å²) in [4.78, 5) is 3.91. The molecule has 1 aliphatic heterocycles. The number of aliphatic hydroxyl groups excluding tert-OH is 3. The number of ether oxygens (including phenoxy) is 2. The Morgan fingerprint density at radius 2 is 1.45 bits per heavy atom. The maximum Gasteiger partial charge on any atom is 0.157 e. The van der Waals surface area contributed by atoms with Crippen LogP contribution in [0.15, 0.2) is 0 Å². The van der Waals surface area contributed by atoms with E-state index in [0.29, 0.717) is 26.2 Å². The van der Waals surface area contributed by atoms with Gasteiger partial charge in [0.25, 0.3) is 0 Å². The SMILES string of the molecule is CN(CCO)CCO.CN(CCO)CCO[C@@H]1CCCCO1. The van der Waals surface area contributed by atoms with E-state index >= 15 is 0 Å². The van der Waals surface area contributed by atoms with Crippen molar-refractivity contribution in [1.82, 2.24) is 9.80 Å². The van der Waals surface area contributed by atoms with Gasteiger partial charge in [0.05, 0.1) is 26.4 Å². The molecule has 22 heavy (non-hydrogen) atoms. The van der Waals surface area contributed by atoms with Crippen molar-refractivity contribution in [3.8, 4) is 0 Å². The molecule has 1 aliphatic rings. The first kappa shape index (κ1) is 21.7. The number of hydrogen-bond acceptors (Lipinski definition) is 7. The highest BCUT2D eigenvalue weighted by molar-refractivity contribution is 4.55. The molecular formula is C15H34N2O5. The van der Waals surface area contributed by atoms with Crippen molar-refractivity contribution < 1.29 is 24.8 Å². The first-order valence-corrected chi connectivity index (χ1v) is 8.07. The van der Waals surface area contributed by atoms with Crippen LogP contribution in [0.2, 0.25) is 0 Å². The van der Waals surface area contributed by atoms with Gasteiger partial charge in [-0.05, 0) is 33.4 Å². The van der Waals surface area contributed by atoms with Crippen molar-refractivity contribution in [3.05, 3.63) is 0 Å². The molecule has 0 spiro atoms. The minimum Gasteiger partial charge on any atom is -0.395 e. The molecule has 0 saturated carbocycles. The van der Waals surface area contributed by atoms with Crippen molar-refractivity contribution in [1.29, 1.82) is 0 Å². The molecule has 1 heterocycles. The average Bonchev–Trinajstić information content (AvgIpc) is 2.50. The number of hydrogen-bond donors (Lipinski definition) is 3. The number of likely N-dealkylation sites (N-methyl/N-ethyl adjacent to an activating group) is 2. The van der Waals surface area contributed by atoms with Gasteiger partial charge in [0.2, 0.25) is 0 Å². The summed E-state index contributed by atoms with van der Waals surface area (Å²) in [6, 6.07) is 0. The highest BCUT2D eigenvalue weighted by atomic mass is 16.7. The van der Waals surface area contributed by atoms with Crippen LogP contribution in [0.25, 0.3) is 0 Å².